The Morgan fingerprint density at radius 1 is 1.17 bits per heavy atom. The summed E-state index contributed by atoms with van der Waals surface area (Å²) in [5, 5.41) is 25.2. The van der Waals surface area contributed by atoms with Gasteiger partial charge in [-0.1, -0.05) is 30.3 Å². The Balaban J connectivity index is 0.000000688. The van der Waals surface area contributed by atoms with Crippen LogP contribution in [-0.2, 0) is 25.4 Å². The van der Waals surface area contributed by atoms with Crippen LogP contribution in [0.3, 0.4) is 0 Å². The molecule has 130 valence electrons. The summed E-state index contributed by atoms with van der Waals surface area (Å²) in [6, 6.07) is 6.12. The van der Waals surface area contributed by atoms with Crippen molar-refractivity contribution in [2.24, 2.45) is 5.73 Å². The van der Waals surface area contributed by atoms with Crippen LogP contribution < -0.4 is 10.5 Å². The van der Waals surface area contributed by atoms with Gasteiger partial charge in [0.15, 0.2) is 0 Å². The highest BCUT2D eigenvalue weighted by Gasteiger charge is 2.23. The number of carboxylic acid groups (broad SMARTS) is 2. The molecule has 0 aliphatic rings. The molecule has 1 rings (SSSR count). The van der Waals surface area contributed by atoms with E-state index in [0.717, 1.165) is 0 Å². The van der Waals surface area contributed by atoms with Crippen molar-refractivity contribution in [1.82, 2.24) is 4.72 Å². The van der Waals surface area contributed by atoms with Crippen molar-refractivity contribution in [3.8, 4) is 0 Å². The molecule has 0 aliphatic carbocycles. The minimum Gasteiger partial charge on any atom is -0.480 e. The lowest BCUT2D eigenvalue weighted by Crippen LogP contribution is -2.43. The normalized spacial score (nSPS) is 13.3. The van der Waals surface area contributed by atoms with E-state index in [9.17, 15) is 18.0 Å². The molecular weight excluding hydrogens is 328 g/mol. The molecule has 0 fully saturated rings. The molecule has 10 heteroatoms. The Morgan fingerprint density at radius 3 is 2.00 bits per heavy atom. The number of carboxylic acids is 2. The molecule has 23 heavy (non-hydrogen) atoms. The van der Waals surface area contributed by atoms with Crippen LogP contribution >= 0.6 is 0 Å². The number of aliphatic hydroxyl groups is 1. The molecule has 0 radical (unpaired) electrons. The molecule has 0 saturated heterocycles. The first-order chi connectivity index (χ1) is 10.6. The largest absolute Gasteiger partial charge is 0.480 e. The number of hydrogen-bond donors (Lipinski definition) is 5. The van der Waals surface area contributed by atoms with Crippen LogP contribution in [0.2, 0.25) is 0 Å². The highest BCUT2D eigenvalue weighted by molar-refractivity contribution is 7.88. The third-order valence-electron chi connectivity index (χ3n) is 2.39. The van der Waals surface area contributed by atoms with Gasteiger partial charge in [-0.15, -0.1) is 0 Å². The SMILES string of the molecule is C[C@H](N)C(=O)O.O=C(O)[C@@H](CO)NS(=O)(=O)Cc1ccccc1. The van der Waals surface area contributed by atoms with Gasteiger partial charge >= 0.3 is 11.9 Å². The summed E-state index contributed by atoms with van der Waals surface area (Å²) >= 11 is 0. The molecule has 0 aliphatic heterocycles. The molecule has 0 unspecified atom stereocenters. The van der Waals surface area contributed by atoms with Gasteiger partial charge in [-0.2, -0.15) is 4.72 Å². The number of rotatable bonds is 7. The Kier molecular flexibility index (Phi) is 9.03. The fourth-order valence-corrected chi connectivity index (χ4v) is 2.54. The summed E-state index contributed by atoms with van der Waals surface area (Å²) in [4.78, 5) is 20.1. The lowest BCUT2D eigenvalue weighted by atomic mass is 10.2. The van der Waals surface area contributed by atoms with Gasteiger partial charge in [-0.3, -0.25) is 9.59 Å². The number of sulfonamides is 1. The molecule has 1 aromatic rings. The van der Waals surface area contributed by atoms with Crippen molar-refractivity contribution in [2.75, 3.05) is 6.61 Å². The van der Waals surface area contributed by atoms with Crippen molar-refractivity contribution >= 4 is 22.0 Å². The third-order valence-corrected chi connectivity index (χ3v) is 3.75. The maximum absolute atomic E-state index is 11.6. The lowest BCUT2D eigenvalue weighted by Gasteiger charge is -2.12. The number of hydrogen-bond acceptors (Lipinski definition) is 6. The van der Waals surface area contributed by atoms with Gasteiger partial charge in [0, 0.05) is 0 Å². The number of aliphatic hydroxyl groups excluding tert-OH is 1. The second-order valence-corrected chi connectivity index (χ2v) is 6.32. The number of benzene rings is 1. The van der Waals surface area contributed by atoms with Gasteiger partial charge in [0.25, 0.3) is 0 Å². The first kappa shape index (κ1) is 21.0. The second-order valence-electron chi connectivity index (χ2n) is 4.56. The average molecular weight is 348 g/mol. The Hall–Kier alpha value is -2.01. The highest BCUT2D eigenvalue weighted by atomic mass is 32.2. The van der Waals surface area contributed by atoms with Crippen LogP contribution in [0.5, 0.6) is 0 Å². The van der Waals surface area contributed by atoms with Crippen molar-refractivity contribution in [2.45, 2.75) is 24.8 Å². The summed E-state index contributed by atoms with van der Waals surface area (Å²) in [6.45, 7) is 0.631. The second kappa shape index (κ2) is 9.90. The summed E-state index contributed by atoms with van der Waals surface area (Å²) in [7, 11) is -3.78. The van der Waals surface area contributed by atoms with Crippen LogP contribution in [-0.4, -0.2) is 54.4 Å². The monoisotopic (exact) mass is 348 g/mol. The maximum Gasteiger partial charge on any atom is 0.324 e. The van der Waals surface area contributed by atoms with E-state index >= 15 is 0 Å². The van der Waals surface area contributed by atoms with Crippen molar-refractivity contribution in [1.29, 1.82) is 0 Å². The minimum absolute atomic E-state index is 0.322. The molecule has 2 atom stereocenters. The number of nitrogens with two attached hydrogens (primary N) is 1. The Morgan fingerprint density at radius 2 is 1.65 bits per heavy atom. The summed E-state index contributed by atoms with van der Waals surface area (Å²) in [5.74, 6) is -2.70. The van der Waals surface area contributed by atoms with Crippen molar-refractivity contribution in [3.63, 3.8) is 0 Å². The van der Waals surface area contributed by atoms with E-state index in [1.807, 2.05) is 4.72 Å². The van der Waals surface area contributed by atoms with E-state index in [4.69, 9.17) is 21.1 Å². The zero-order chi connectivity index (χ0) is 18.0. The van der Waals surface area contributed by atoms with Crippen LogP contribution in [0.25, 0.3) is 0 Å². The van der Waals surface area contributed by atoms with Crippen LogP contribution in [0.15, 0.2) is 30.3 Å². The van der Waals surface area contributed by atoms with Crippen LogP contribution in [0.4, 0.5) is 0 Å². The molecule has 0 heterocycles. The predicted molar refractivity (Wildman–Crippen MR) is 82.0 cm³/mol. The smallest absolute Gasteiger partial charge is 0.324 e. The van der Waals surface area contributed by atoms with Gasteiger partial charge in [-0.05, 0) is 12.5 Å². The first-order valence-corrected chi connectivity index (χ1v) is 8.10. The first-order valence-electron chi connectivity index (χ1n) is 6.45. The molecular formula is C13H20N2O7S. The molecule has 6 N–H and O–H groups in total. The van der Waals surface area contributed by atoms with E-state index < -0.39 is 40.7 Å². The molecule has 0 saturated carbocycles. The van der Waals surface area contributed by atoms with Gasteiger partial charge in [0.05, 0.1) is 12.4 Å². The number of nitrogens with one attached hydrogen (secondary N) is 1. The molecule has 0 aromatic heterocycles. The van der Waals surface area contributed by atoms with Gasteiger partial charge < -0.3 is 21.1 Å². The fourth-order valence-electron chi connectivity index (χ4n) is 1.22. The van der Waals surface area contributed by atoms with Crippen molar-refractivity contribution in [3.05, 3.63) is 35.9 Å². The Labute approximate surface area is 133 Å². The van der Waals surface area contributed by atoms with E-state index in [1.54, 1.807) is 30.3 Å². The minimum atomic E-state index is -3.78. The maximum atomic E-state index is 11.6. The lowest BCUT2D eigenvalue weighted by molar-refractivity contribution is -0.140. The van der Waals surface area contributed by atoms with Crippen LogP contribution in [0.1, 0.15) is 12.5 Å². The quantitative estimate of drug-likeness (QED) is 0.417. The van der Waals surface area contributed by atoms with E-state index in [0.29, 0.717) is 5.56 Å². The van der Waals surface area contributed by atoms with E-state index in [1.165, 1.54) is 6.92 Å². The standard InChI is InChI=1S/C10H13NO5S.C3H7NO2/c12-6-9(10(13)14)11-17(15,16)7-8-4-2-1-3-5-8;1-2(4)3(5)6/h1-5,9,11-12H,6-7H2,(H,13,14);2H,4H2,1H3,(H,5,6)/t9-;2-/m10/s1. The number of carbonyl (C=O) groups is 2. The van der Waals surface area contributed by atoms with Gasteiger partial charge in [0.1, 0.15) is 12.1 Å². The van der Waals surface area contributed by atoms with Crippen LogP contribution in [0, 0.1) is 0 Å². The highest BCUT2D eigenvalue weighted by Crippen LogP contribution is 2.04. The Bertz CT molecular complexity index is 602. The topological polar surface area (TPSA) is 167 Å². The summed E-state index contributed by atoms with van der Waals surface area (Å²) < 4.78 is 25.1. The zero-order valence-corrected chi connectivity index (χ0v) is 13.2. The van der Waals surface area contributed by atoms with E-state index in [-0.39, 0.29) is 5.75 Å². The fraction of sp³-hybridized carbons (Fsp3) is 0.385. The summed E-state index contributed by atoms with van der Waals surface area (Å²) in [6.07, 6.45) is 0. The van der Waals surface area contributed by atoms with Gasteiger partial charge in [0.2, 0.25) is 10.0 Å². The molecule has 0 amide bonds. The number of aliphatic carboxylic acids is 2. The molecule has 0 spiro atoms. The molecule has 1 aromatic carbocycles. The third kappa shape index (κ3) is 9.58. The average Bonchev–Trinajstić information content (AvgIpc) is 2.45. The van der Waals surface area contributed by atoms with Gasteiger partial charge in [-0.25, -0.2) is 8.42 Å². The summed E-state index contributed by atoms with van der Waals surface area (Å²) in [5.41, 5.74) is 5.38. The van der Waals surface area contributed by atoms with Crippen molar-refractivity contribution < 1.29 is 33.3 Å². The zero-order valence-electron chi connectivity index (χ0n) is 12.4. The predicted octanol–water partition coefficient (Wildman–Crippen LogP) is -1.03. The van der Waals surface area contributed by atoms with E-state index in [2.05, 4.69) is 0 Å². The molecule has 9 nitrogen and oxygen atoms in total. The molecule has 0 bridgehead atoms.